The predicted molar refractivity (Wildman–Crippen MR) is 95.7 cm³/mol. The van der Waals surface area contributed by atoms with Gasteiger partial charge in [0.25, 0.3) is 5.56 Å². The Balaban J connectivity index is 2.55. The maximum atomic E-state index is 14.8. The Morgan fingerprint density at radius 3 is 2.71 bits per heavy atom. The Hall–Kier alpha value is -2.18. The number of nitrogens with one attached hydrogen (secondary N) is 2. The van der Waals surface area contributed by atoms with Crippen molar-refractivity contribution < 1.29 is 33.0 Å². The summed E-state index contributed by atoms with van der Waals surface area (Å²) in [6.45, 7) is 2.53. The smallest absolute Gasteiger partial charge is 0.318 e. The number of fused-ring (bicyclic) bond motifs is 1. The molecule has 0 saturated carbocycles. The van der Waals surface area contributed by atoms with Crippen molar-refractivity contribution in [2.24, 2.45) is 5.92 Å². The van der Waals surface area contributed by atoms with Crippen LogP contribution in [0.15, 0.2) is 11.1 Å². The molecule has 2 heterocycles. The Bertz CT molecular complexity index is 913. The summed E-state index contributed by atoms with van der Waals surface area (Å²) in [5.74, 6) is -1.04. The number of H-pyrrole nitrogens is 1. The van der Waals surface area contributed by atoms with Gasteiger partial charge in [0.1, 0.15) is 6.10 Å². The Labute approximate surface area is 158 Å². The minimum absolute atomic E-state index is 0.202. The molecular formula is C14H21FN5O7P. The van der Waals surface area contributed by atoms with Crippen molar-refractivity contribution in [1.29, 1.82) is 0 Å². The van der Waals surface area contributed by atoms with E-state index in [-0.39, 0.29) is 17.1 Å². The molecule has 1 amide bonds. The first kappa shape index (κ1) is 22.1. The number of alkyl halides is 1. The number of halogens is 1. The average Bonchev–Trinajstić information content (AvgIpc) is 3.04. The lowest BCUT2D eigenvalue weighted by molar-refractivity contribution is -0.118. The minimum atomic E-state index is -3.63. The molecule has 4 atom stereocenters. The molecule has 2 rings (SSSR count). The molecule has 0 bridgehead atoms. The summed E-state index contributed by atoms with van der Waals surface area (Å²) < 4.78 is 36.5. The topological polar surface area (TPSA) is 169 Å². The number of methoxy groups -OCH3 is 1. The van der Waals surface area contributed by atoms with Crippen LogP contribution in [0.5, 0.6) is 0 Å². The second-order valence-electron chi connectivity index (χ2n) is 6.06. The van der Waals surface area contributed by atoms with Crippen LogP contribution >= 0.6 is 8.25 Å². The third-order valence-corrected chi connectivity index (χ3v) is 4.25. The van der Waals surface area contributed by atoms with Crippen LogP contribution in [0.1, 0.15) is 20.1 Å². The van der Waals surface area contributed by atoms with Gasteiger partial charge in [-0.25, -0.2) is 9.37 Å². The van der Waals surface area contributed by atoms with Crippen LogP contribution in [0.3, 0.4) is 0 Å². The number of aromatic nitrogens is 4. The van der Waals surface area contributed by atoms with Gasteiger partial charge in [0.15, 0.2) is 23.6 Å². The number of hydrogen-bond acceptors (Lipinski definition) is 8. The number of aromatic amines is 1. The van der Waals surface area contributed by atoms with E-state index in [1.165, 1.54) is 0 Å². The van der Waals surface area contributed by atoms with Gasteiger partial charge in [-0.15, -0.1) is 0 Å². The second-order valence-corrected chi connectivity index (χ2v) is 6.83. The number of hydrogen-bond donors (Lipinski definition) is 4. The van der Waals surface area contributed by atoms with Gasteiger partial charge in [-0.1, -0.05) is 13.8 Å². The highest BCUT2D eigenvalue weighted by atomic mass is 31.1. The van der Waals surface area contributed by atoms with Gasteiger partial charge in [-0.2, -0.15) is 4.98 Å². The first-order valence-corrected chi connectivity index (χ1v) is 9.41. The van der Waals surface area contributed by atoms with Crippen molar-refractivity contribution in [2.75, 3.05) is 19.0 Å². The summed E-state index contributed by atoms with van der Waals surface area (Å²) in [7, 11) is -2.49. The molecule has 156 valence electrons. The molecule has 4 N–H and O–H groups in total. The lowest BCUT2D eigenvalue weighted by atomic mass is 10.2. The highest BCUT2D eigenvalue weighted by Gasteiger charge is 2.34. The van der Waals surface area contributed by atoms with E-state index in [4.69, 9.17) is 14.2 Å². The normalized spacial score (nSPS) is 16.1. The van der Waals surface area contributed by atoms with E-state index in [0.29, 0.717) is 0 Å². The van der Waals surface area contributed by atoms with E-state index in [1.54, 1.807) is 13.8 Å². The molecule has 0 spiro atoms. The zero-order chi connectivity index (χ0) is 21.0. The quantitative estimate of drug-likeness (QED) is 0.406. The number of nitrogens with zero attached hydrogens (tertiary/aromatic N) is 3. The van der Waals surface area contributed by atoms with Gasteiger partial charge in [-0.3, -0.25) is 33.5 Å². The molecule has 0 fully saturated rings. The Morgan fingerprint density at radius 1 is 1.50 bits per heavy atom. The predicted octanol–water partition coefficient (Wildman–Crippen LogP) is -0.0433. The van der Waals surface area contributed by atoms with Gasteiger partial charge >= 0.3 is 8.25 Å². The summed E-state index contributed by atoms with van der Waals surface area (Å²) >= 11 is 0. The van der Waals surface area contributed by atoms with Gasteiger partial charge in [-0.05, 0) is 0 Å². The number of amides is 1. The van der Waals surface area contributed by atoms with E-state index < -0.39 is 50.7 Å². The van der Waals surface area contributed by atoms with E-state index in [1.807, 2.05) is 0 Å². The molecule has 0 aliphatic rings. The van der Waals surface area contributed by atoms with Crippen LogP contribution in [0.2, 0.25) is 0 Å². The summed E-state index contributed by atoms with van der Waals surface area (Å²) in [5, 5.41) is 11.6. The van der Waals surface area contributed by atoms with Crippen molar-refractivity contribution in [3.63, 3.8) is 0 Å². The zero-order valence-electron chi connectivity index (χ0n) is 15.2. The fourth-order valence-electron chi connectivity index (χ4n) is 2.30. The molecule has 28 heavy (non-hydrogen) atoms. The van der Waals surface area contributed by atoms with Crippen LogP contribution in [-0.4, -0.2) is 61.4 Å². The number of aliphatic hydroxyl groups is 1. The average molecular weight is 421 g/mol. The number of rotatable bonds is 9. The van der Waals surface area contributed by atoms with Crippen LogP contribution in [0, 0.1) is 5.92 Å². The summed E-state index contributed by atoms with van der Waals surface area (Å²) in [5.41, 5.74) is -1.13. The molecule has 14 heteroatoms. The minimum Gasteiger partial charge on any atom is -0.394 e. The summed E-state index contributed by atoms with van der Waals surface area (Å²) in [4.78, 5) is 43.3. The van der Waals surface area contributed by atoms with Crippen molar-refractivity contribution in [3.05, 3.63) is 16.7 Å². The fraction of sp³-hybridized carbons (Fsp3) is 0.571. The van der Waals surface area contributed by atoms with Gasteiger partial charge < -0.3 is 14.7 Å². The molecule has 2 aromatic heterocycles. The first-order valence-electron chi connectivity index (χ1n) is 8.14. The van der Waals surface area contributed by atoms with Gasteiger partial charge in [0.2, 0.25) is 11.9 Å². The molecule has 1 unspecified atom stereocenters. The fourth-order valence-corrected chi connectivity index (χ4v) is 2.75. The SMILES string of the molecule is CO[C@H](CO)[C@@H](F)[C@@H](O[PH](=O)O)n1cnc2c(=O)[nH]c(NC(=O)C(C)C)nc21. The largest absolute Gasteiger partial charge is 0.394 e. The summed E-state index contributed by atoms with van der Waals surface area (Å²) in [6, 6.07) is 0. The standard InChI is InChI=1S/C14H21FN5O7P/c1-6(2)11(22)18-14-17-10-9(12(23)19-14)16-5-20(10)13(27-28(24)25)8(15)7(4-21)26-3/h5-8,13,21,28H,4H2,1-3H3,(H,24,25)(H2,17,18,19,22,23)/t7-,8-,13-/m1/s1. The first-order chi connectivity index (χ1) is 13.2. The van der Waals surface area contributed by atoms with Crippen LogP contribution in [0.4, 0.5) is 10.3 Å². The van der Waals surface area contributed by atoms with Crippen molar-refractivity contribution in [1.82, 2.24) is 19.5 Å². The molecule has 2 aromatic rings. The van der Waals surface area contributed by atoms with Gasteiger partial charge in [0.05, 0.1) is 12.9 Å². The third kappa shape index (κ3) is 4.80. The third-order valence-electron chi connectivity index (χ3n) is 3.80. The molecule has 0 aromatic carbocycles. The molecular weight excluding hydrogens is 400 g/mol. The number of aliphatic hydroxyl groups excluding tert-OH is 1. The van der Waals surface area contributed by atoms with Crippen LogP contribution in [-0.2, 0) is 18.6 Å². The molecule has 0 aliphatic heterocycles. The Morgan fingerprint density at radius 2 is 2.18 bits per heavy atom. The van der Waals surface area contributed by atoms with E-state index in [0.717, 1.165) is 18.0 Å². The van der Waals surface area contributed by atoms with Crippen LogP contribution in [0.25, 0.3) is 11.2 Å². The maximum Gasteiger partial charge on any atom is 0.318 e. The second kappa shape index (κ2) is 9.34. The van der Waals surface area contributed by atoms with E-state index in [2.05, 4.69) is 20.3 Å². The summed E-state index contributed by atoms with van der Waals surface area (Å²) in [6.07, 6.45) is -4.27. The highest BCUT2D eigenvalue weighted by Crippen LogP contribution is 2.32. The Kier molecular flexibility index (Phi) is 7.38. The van der Waals surface area contributed by atoms with E-state index in [9.17, 15) is 23.7 Å². The molecule has 12 nitrogen and oxygen atoms in total. The molecule has 0 radical (unpaired) electrons. The lowest BCUT2D eigenvalue weighted by Crippen LogP contribution is -2.36. The van der Waals surface area contributed by atoms with Gasteiger partial charge in [0, 0.05) is 13.0 Å². The number of imidazole rings is 1. The van der Waals surface area contributed by atoms with Crippen molar-refractivity contribution in [2.45, 2.75) is 32.4 Å². The zero-order valence-corrected chi connectivity index (χ0v) is 16.2. The van der Waals surface area contributed by atoms with E-state index >= 15 is 0 Å². The highest BCUT2D eigenvalue weighted by molar-refractivity contribution is 7.32. The lowest BCUT2D eigenvalue weighted by Gasteiger charge is -2.26. The molecule has 0 saturated heterocycles. The number of ether oxygens (including phenoxy) is 1. The number of carbonyl (C=O) groups excluding carboxylic acids is 1. The number of anilines is 1. The number of carbonyl (C=O) groups is 1. The monoisotopic (exact) mass is 421 g/mol. The van der Waals surface area contributed by atoms with Crippen molar-refractivity contribution >= 4 is 31.3 Å². The van der Waals surface area contributed by atoms with Crippen molar-refractivity contribution in [3.8, 4) is 0 Å². The molecule has 0 aliphatic carbocycles. The maximum absolute atomic E-state index is 14.8. The van der Waals surface area contributed by atoms with Crippen LogP contribution < -0.4 is 10.9 Å².